The minimum absolute atomic E-state index is 0.0695. The van der Waals surface area contributed by atoms with Crippen LogP contribution in [0.3, 0.4) is 0 Å². The van der Waals surface area contributed by atoms with Gasteiger partial charge in [0, 0.05) is 16.5 Å². The summed E-state index contributed by atoms with van der Waals surface area (Å²) in [5.74, 6) is 6.78. The SMILES string of the molecule is Cc1ccc(C(NN)c2cccc3c2OCC3)cc1Br. The number of rotatable bonds is 3. The highest BCUT2D eigenvalue weighted by atomic mass is 79.9. The number of para-hydroxylation sites is 1. The number of hydrogen-bond donors (Lipinski definition) is 2. The van der Waals surface area contributed by atoms with E-state index in [-0.39, 0.29) is 6.04 Å². The van der Waals surface area contributed by atoms with Gasteiger partial charge in [0.25, 0.3) is 0 Å². The lowest BCUT2D eigenvalue weighted by molar-refractivity contribution is 0.350. The van der Waals surface area contributed by atoms with Crippen LogP contribution in [0.4, 0.5) is 0 Å². The number of hydrogen-bond acceptors (Lipinski definition) is 3. The highest BCUT2D eigenvalue weighted by Crippen LogP contribution is 2.36. The molecule has 1 aliphatic rings. The van der Waals surface area contributed by atoms with Crippen molar-refractivity contribution in [3.05, 3.63) is 63.1 Å². The predicted molar refractivity (Wildman–Crippen MR) is 83.7 cm³/mol. The van der Waals surface area contributed by atoms with Crippen molar-refractivity contribution in [1.29, 1.82) is 0 Å². The van der Waals surface area contributed by atoms with Gasteiger partial charge in [0.05, 0.1) is 12.6 Å². The smallest absolute Gasteiger partial charge is 0.127 e. The summed E-state index contributed by atoms with van der Waals surface area (Å²) >= 11 is 3.58. The van der Waals surface area contributed by atoms with Gasteiger partial charge in [-0.15, -0.1) is 0 Å². The third-order valence-corrected chi connectivity index (χ3v) is 4.61. The van der Waals surface area contributed by atoms with Gasteiger partial charge in [0.15, 0.2) is 0 Å². The number of nitrogens with one attached hydrogen (secondary N) is 1. The summed E-state index contributed by atoms with van der Waals surface area (Å²) in [4.78, 5) is 0. The number of fused-ring (bicyclic) bond motifs is 1. The van der Waals surface area contributed by atoms with E-state index >= 15 is 0 Å². The maximum Gasteiger partial charge on any atom is 0.127 e. The summed E-state index contributed by atoms with van der Waals surface area (Å²) in [5, 5.41) is 0. The lowest BCUT2D eigenvalue weighted by Crippen LogP contribution is -2.29. The first-order valence-corrected chi connectivity index (χ1v) is 7.47. The minimum atomic E-state index is -0.0695. The molecule has 0 saturated carbocycles. The molecule has 20 heavy (non-hydrogen) atoms. The lowest BCUT2D eigenvalue weighted by Gasteiger charge is -2.20. The third kappa shape index (κ3) is 2.35. The molecule has 1 atom stereocenters. The van der Waals surface area contributed by atoms with Gasteiger partial charge in [-0.25, -0.2) is 5.43 Å². The Morgan fingerprint density at radius 3 is 2.90 bits per heavy atom. The van der Waals surface area contributed by atoms with Gasteiger partial charge in [-0.2, -0.15) is 0 Å². The van der Waals surface area contributed by atoms with Crippen molar-refractivity contribution < 1.29 is 4.74 Å². The van der Waals surface area contributed by atoms with Crippen LogP contribution in [0.5, 0.6) is 5.75 Å². The summed E-state index contributed by atoms with van der Waals surface area (Å²) in [7, 11) is 0. The number of ether oxygens (including phenoxy) is 1. The molecule has 0 amide bonds. The molecular weight excluding hydrogens is 316 g/mol. The van der Waals surface area contributed by atoms with Crippen molar-refractivity contribution in [2.75, 3.05) is 6.61 Å². The Morgan fingerprint density at radius 2 is 2.15 bits per heavy atom. The van der Waals surface area contributed by atoms with E-state index in [1.165, 1.54) is 11.1 Å². The summed E-state index contributed by atoms with van der Waals surface area (Å²) in [6.07, 6.45) is 0.970. The van der Waals surface area contributed by atoms with E-state index in [0.29, 0.717) is 0 Å². The van der Waals surface area contributed by atoms with E-state index in [1.807, 2.05) is 0 Å². The lowest BCUT2D eigenvalue weighted by atomic mass is 9.96. The van der Waals surface area contributed by atoms with Gasteiger partial charge in [0.1, 0.15) is 5.75 Å². The molecule has 104 valence electrons. The van der Waals surface area contributed by atoms with Crippen LogP contribution < -0.4 is 16.0 Å². The molecule has 0 spiro atoms. The van der Waals surface area contributed by atoms with E-state index in [2.05, 4.69) is 64.7 Å². The molecule has 3 rings (SSSR count). The van der Waals surface area contributed by atoms with Gasteiger partial charge in [-0.1, -0.05) is 46.3 Å². The van der Waals surface area contributed by atoms with Crippen molar-refractivity contribution in [3.63, 3.8) is 0 Å². The van der Waals surface area contributed by atoms with E-state index in [0.717, 1.165) is 34.4 Å². The molecule has 3 nitrogen and oxygen atoms in total. The maximum absolute atomic E-state index is 5.80. The van der Waals surface area contributed by atoms with Crippen LogP contribution in [-0.4, -0.2) is 6.61 Å². The highest BCUT2D eigenvalue weighted by Gasteiger charge is 2.22. The second-order valence-corrected chi connectivity index (χ2v) is 5.90. The Balaban J connectivity index is 2.06. The number of aryl methyl sites for hydroxylation is 1. The van der Waals surface area contributed by atoms with Gasteiger partial charge in [0.2, 0.25) is 0 Å². The van der Waals surface area contributed by atoms with Gasteiger partial charge < -0.3 is 4.74 Å². The normalized spacial score (nSPS) is 14.8. The number of nitrogens with two attached hydrogens (primary N) is 1. The summed E-state index contributed by atoms with van der Waals surface area (Å²) < 4.78 is 6.87. The molecule has 0 aromatic heterocycles. The molecule has 2 aromatic rings. The Labute approximate surface area is 127 Å². The first-order valence-electron chi connectivity index (χ1n) is 6.67. The molecule has 1 heterocycles. The Bertz CT molecular complexity index is 642. The zero-order chi connectivity index (χ0) is 14.1. The molecule has 0 aliphatic carbocycles. The fourth-order valence-electron chi connectivity index (χ4n) is 2.62. The van der Waals surface area contributed by atoms with E-state index < -0.39 is 0 Å². The fraction of sp³-hybridized carbons (Fsp3) is 0.250. The number of benzene rings is 2. The van der Waals surface area contributed by atoms with Crippen molar-refractivity contribution in [2.24, 2.45) is 5.84 Å². The van der Waals surface area contributed by atoms with Crippen LogP contribution in [0, 0.1) is 6.92 Å². The Morgan fingerprint density at radius 1 is 1.30 bits per heavy atom. The van der Waals surface area contributed by atoms with Crippen LogP contribution >= 0.6 is 15.9 Å². The monoisotopic (exact) mass is 332 g/mol. The zero-order valence-electron chi connectivity index (χ0n) is 11.3. The van der Waals surface area contributed by atoms with Crippen LogP contribution in [0.25, 0.3) is 0 Å². The largest absolute Gasteiger partial charge is 0.493 e. The van der Waals surface area contributed by atoms with Crippen LogP contribution in [0.2, 0.25) is 0 Å². The van der Waals surface area contributed by atoms with Crippen LogP contribution in [0.1, 0.15) is 28.3 Å². The van der Waals surface area contributed by atoms with E-state index in [4.69, 9.17) is 10.6 Å². The quantitative estimate of drug-likeness (QED) is 0.670. The van der Waals surface area contributed by atoms with Crippen LogP contribution in [-0.2, 0) is 6.42 Å². The number of halogens is 1. The molecule has 3 N–H and O–H groups in total. The van der Waals surface area contributed by atoms with Gasteiger partial charge in [-0.05, 0) is 29.7 Å². The van der Waals surface area contributed by atoms with Crippen molar-refractivity contribution >= 4 is 15.9 Å². The van der Waals surface area contributed by atoms with Crippen molar-refractivity contribution in [1.82, 2.24) is 5.43 Å². The molecule has 0 bridgehead atoms. The molecule has 0 fully saturated rings. The standard InChI is InChI=1S/C16H17BrN2O/c1-10-5-6-12(9-14(10)17)15(19-18)13-4-2-3-11-7-8-20-16(11)13/h2-6,9,15,19H,7-8,18H2,1H3. The van der Waals surface area contributed by atoms with Crippen LogP contribution in [0.15, 0.2) is 40.9 Å². The fourth-order valence-corrected chi connectivity index (χ4v) is 3.02. The highest BCUT2D eigenvalue weighted by molar-refractivity contribution is 9.10. The van der Waals surface area contributed by atoms with Gasteiger partial charge in [-0.3, -0.25) is 5.84 Å². The second-order valence-electron chi connectivity index (χ2n) is 5.04. The summed E-state index contributed by atoms with van der Waals surface area (Å²) in [5.41, 5.74) is 7.59. The van der Waals surface area contributed by atoms with Crippen molar-refractivity contribution in [3.8, 4) is 5.75 Å². The molecule has 0 radical (unpaired) electrons. The first kappa shape index (κ1) is 13.6. The maximum atomic E-state index is 5.80. The second kappa shape index (κ2) is 5.56. The van der Waals surface area contributed by atoms with Crippen molar-refractivity contribution in [2.45, 2.75) is 19.4 Å². The van der Waals surface area contributed by atoms with E-state index in [1.54, 1.807) is 0 Å². The first-order chi connectivity index (χ1) is 9.70. The summed E-state index contributed by atoms with van der Waals surface area (Å²) in [6, 6.07) is 12.5. The minimum Gasteiger partial charge on any atom is -0.493 e. The molecule has 1 aliphatic heterocycles. The van der Waals surface area contributed by atoms with Gasteiger partial charge >= 0.3 is 0 Å². The molecule has 1 unspecified atom stereocenters. The Hall–Kier alpha value is -1.36. The number of hydrazine groups is 1. The average molecular weight is 333 g/mol. The molecule has 2 aromatic carbocycles. The zero-order valence-corrected chi connectivity index (χ0v) is 12.9. The predicted octanol–water partition coefficient (Wildman–Crippen LogP) is 3.25. The topological polar surface area (TPSA) is 47.3 Å². The molecule has 0 saturated heterocycles. The summed E-state index contributed by atoms with van der Waals surface area (Å²) in [6.45, 7) is 2.82. The van der Waals surface area contributed by atoms with E-state index in [9.17, 15) is 0 Å². The molecule has 4 heteroatoms. The Kier molecular flexibility index (Phi) is 3.78. The average Bonchev–Trinajstić information content (AvgIpc) is 2.93. The third-order valence-electron chi connectivity index (χ3n) is 3.75. The molecular formula is C16H17BrN2O.